The number of nitrogens with two attached hydrogens (primary N) is 1. The van der Waals surface area contributed by atoms with Crippen molar-refractivity contribution < 1.29 is 23.9 Å². The first-order chi connectivity index (χ1) is 19.7. The van der Waals surface area contributed by atoms with Crippen LogP contribution in [0.15, 0.2) is 42.5 Å². The standard InChI is InChI=1S/C32H45ClN4O5/c1-22-9-7-10-26(35-22)17-24(18-28(38)42-31(2,3)4)29(39)37-16-8-15-32(21-37,19-23-11-13-25(33)14-12-23)36(5)30(40)27(34)20-41-6/h7,9-14,24,27H,8,15-21,34H2,1-6H3. The van der Waals surface area contributed by atoms with Crippen molar-refractivity contribution in [2.24, 2.45) is 11.7 Å². The van der Waals surface area contributed by atoms with Crippen LogP contribution in [0.1, 0.15) is 57.0 Å². The summed E-state index contributed by atoms with van der Waals surface area (Å²) in [6, 6.07) is 12.3. The van der Waals surface area contributed by atoms with Crippen molar-refractivity contribution in [1.29, 1.82) is 0 Å². The summed E-state index contributed by atoms with van der Waals surface area (Å²) in [6.07, 6.45) is 2.09. The number of piperidine rings is 1. The molecular weight excluding hydrogens is 556 g/mol. The smallest absolute Gasteiger partial charge is 0.307 e. The fourth-order valence-corrected chi connectivity index (χ4v) is 5.73. The van der Waals surface area contributed by atoms with Gasteiger partial charge in [-0.25, -0.2) is 0 Å². The van der Waals surface area contributed by atoms with Crippen molar-refractivity contribution >= 4 is 29.4 Å². The van der Waals surface area contributed by atoms with Crippen LogP contribution in [0.25, 0.3) is 0 Å². The second-order valence-electron chi connectivity index (χ2n) is 12.3. The molecule has 1 aromatic carbocycles. The normalized spacial score (nSPS) is 18.7. The predicted molar refractivity (Wildman–Crippen MR) is 163 cm³/mol. The molecule has 2 amide bonds. The number of amides is 2. The lowest BCUT2D eigenvalue weighted by molar-refractivity contribution is -0.159. The molecule has 10 heteroatoms. The zero-order valence-electron chi connectivity index (χ0n) is 25.7. The van der Waals surface area contributed by atoms with Gasteiger partial charge in [0, 0.05) is 50.1 Å². The lowest BCUT2D eigenvalue weighted by Gasteiger charge is -2.49. The van der Waals surface area contributed by atoms with Crippen LogP contribution in [0, 0.1) is 12.8 Å². The molecule has 1 aliphatic heterocycles. The molecule has 9 nitrogen and oxygen atoms in total. The van der Waals surface area contributed by atoms with Gasteiger partial charge < -0.3 is 25.0 Å². The molecule has 3 atom stereocenters. The minimum absolute atomic E-state index is 0.0696. The van der Waals surface area contributed by atoms with Gasteiger partial charge in [0.25, 0.3) is 0 Å². The number of carbonyl (C=O) groups is 3. The Morgan fingerprint density at radius 3 is 2.48 bits per heavy atom. The largest absolute Gasteiger partial charge is 0.460 e. The highest BCUT2D eigenvalue weighted by Crippen LogP contribution is 2.33. The van der Waals surface area contributed by atoms with E-state index in [0.29, 0.717) is 43.8 Å². The van der Waals surface area contributed by atoms with Crippen molar-refractivity contribution in [3.63, 3.8) is 0 Å². The van der Waals surface area contributed by atoms with Crippen LogP contribution >= 0.6 is 11.6 Å². The number of halogens is 1. The van der Waals surface area contributed by atoms with Crippen molar-refractivity contribution in [2.75, 3.05) is 33.9 Å². The quantitative estimate of drug-likeness (QED) is 0.388. The van der Waals surface area contributed by atoms with Gasteiger partial charge in [0.1, 0.15) is 11.6 Å². The number of hydrogen-bond acceptors (Lipinski definition) is 7. The zero-order chi connectivity index (χ0) is 31.1. The van der Waals surface area contributed by atoms with Crippen LogP contribution in [0.3, 0.4) is 0 Å². The van der Waals surface area contributed by atoms with Gasteiger partial charge in [-0.15, -0.1) is 0 Å². The number of benzene rings is 1. The van der Waals surface area contributed by atoms with E-state index in [2.05, 4.69) is 4.98 Å². The van der Waals surface area contributed by atoms with Gasteiger partial charge in [-0.1, -0.05) is 29.8 Å². The Kier molecular flexibility index (Phi) is 11.5. The maximum Gasteiger partial charge on any atom is 0.307 e. The maximum absolute atomic E-state index is 14.2. The second kappa shape index (κ2) is 14.4. The van der Waals surface area contributed by atoms with Gasteiger partial charge in [-0.05, 0) is 76.8 Å². The minimum Gasteiger partial charge on any atom is -0.460 e. The summed E-state index contributed by atoms with van der Waals surface area (Å²) in [5, 5.41) is 0.620. The van der Waals surface area contributed by atoms with Gasteiger partial charge >= 0.3 is 5.97 Å². The van der Waals surface area contributed by atoms with Gasteiger partial charge in [-0.2, -0.15) is 0 Å². The van der Waals surface area contributed by atoms with E-state index in [0.717, 1.165) is 17.0 Å². The molecule has 2 N–H and O–H groups in total. The predicted octanol–water partition coefficient (Wildman–Crippen LogP) is 3.97. The SMILES string of the molecule is COCC(N)C(=O)N(C)C1(Cc2ccc(Cl)cc2)CCCN(C(=O)C(CC(=O)OC(C)(C)C)Cc2cccc(C)n2)C1. The monoisotopic (exact) mass is 600 g/mol. The van der Waals surface area contributed by atoms with Crippen LogP contribution in [0.5, 0.6) is 0 Å². The summed E-state index contributed by atoms with van der Waals surface area (Å²) in [4.78, 5) is 48.7. The van der Waals surface area contributed by atoms with Gasteiger partial charge in [0.2, 0.25) is 11.8 Å². The lowest BCUT2D eigenvalue weighted by atomic mass is 9.80. The molecule has 3 rings (SSSR count). The van der Waals surface area contributed by atoms with Crippen LogP contribution in [-0.4, -0.2) is 83.6 Å². The number of likely N-dealkylation sites (N-methyl/N-ethyl adjacent to an activating group) is 1. The molecule has 0 saturated carbocycles. The first-order valence-electron chi connectivity index (χ1n) is 14.4. The molecule has 230 valence electrons. The van der Waals surface area contributed by atoms with Crippen LogP contribution < -0.4 is 5.73 Å². The van der Waals surface area contributed by atoms with E-state index in [-0.39, 0.29) is 24.8 Å². The van der Waals surface area contributed by atoms with E-state index in [4.69, 9.17) is 26.8 Å². The number of aryl methyl sites for hydroxylation is 1. The maximum atomic E-state index is 14.2. The fraction of sp³-hybridized carbons (Fsp3) is 0.562. The van der Waals surface area contributed by atoms with Crippen molar-refractivity contribution in [3.8, 4) is 0 Å². The second-order valence-corrected chi connectivity index (χ2v) is 12.7. The third kappa shape index (κ3) is 9.24. The van der Waals surface area contributed by atoms with Gasteiger partial charge in [0.05, 0.1) is 24.5 Å². The van der Waals surface area contributed by atoms with Gasteiger partial charge in [0.15, 0.2) is 0 Å². The Morgan fingerprint density at radius 1 is 1.17 bits per heavy atom. The van der Waals surface area contributed by atoms with E-state index in [9.17, 15) is 14.4 Å². The summed E-state index contributed by atoms with van der Waals surface area (Å²) < 4.78 is 10.7. The number of pyridine rings is 1. The number of likely N-dealkylation sites (tertiary alicyclic amines) is 1. The highest BCUT2D eigenvalue weighted by atomic mass is 35.5. The van der Waals surface area contributed by atoms with E-state index in [1.807, 2.05) is 49.4 Å². The molecule has 0 aliphatic carbocycles. The van der Waals surface area contributed by atoms with E-state index >= 15 is 0 Å². The Bertz CT molecular complexity index is 1230. The molecule has 0 radical (unpaired) electrons. The van der Waals surface area contributed by atoms with Crippen molar-refractivity contribution in [3.05, 3.63) is 64.4 Å². The van der Waals surface area contributed by atoms with Crippen LogP contribution in [-0.2, 0) is 36.7 Å². The third-order valence-electron chi connectivity index (χ3n) is 7.60. The molecule has 3 unspecified atom stereocenters. The third-order valence-corrected chi connectivity index (χ3v) is 7.85. The topological polar surface area (TPSA) is 115 Å². The fourth-order valence-electron chi connectivity index (χ4n) is 5.61. The van der Waals surface area contributed by atoms with Crippen LogP contribution in [0.4, 0.5) is 0 Å². The summed E-state index contributed by atoms with van der Waals surface area (Å²) >= 11 is 6.15. The molecule has 1 aliphatic rings. The number of rotatable bonds is 11. The van der Waals surface area contributed by atoms with Crippen molar-refractivity contribution in [1.82, 2.24) is 14.8 Å². The molecule has 0 spiro atoms. The van der Waals surface area contributed by atoms with E-state index in [1.54, 1.807) is 37.6 Å². The molecule has 2 aromatic rings. The van der Waals surface area contributed by atoms with E-state index in [1.165, 1.54) is 7.11 Å². The lowest BCUT2D eigenvalue weighted by Crippen LogP contribution is -2.64. The van der Waals surface area contributed by atoms with Crippen molar-refractivity contribution in [2.45, 2.75) is 77.0 Å². The molecule has 1 saturated heterocycles. The number of carbonyl (C=O) groups excluding carboxylic acids is 3. The number of hydrogen-bond donors (Lipinski definition) is 1. The molecule has 1 fully saturated rings. The Morgan fingerprint density at radius 2 is 1.86 bits per heavy atom. The number of nitrogens with zero attached hydrogens (tertiary/aromatic N) is 3. The van der Waals surface area contributed by atoms with Crippen LogP contribution in [0.2, 0.25) is 5.02 Å². The first-order valence-corrected chi connectivity index (χ1v) is 14.8. The molecule has 42 heavy (non-hydrogen) atoms. The number of ether oxygens (including phenoxy) is 2. The summed E-state index contributed by atoms with van der Waals surface area (Å²) in [6.45, 7) is 8.21. The summed E-state index contributed by atoms with van der Waals surface area (Å²) in [7, 11) is 3.25. The molecule has 1 aromatic heterocycles. The Labute approximate surface area is 254 Å². The summed E-state index contributed by atoms with van der Waals surface area (Å²) in [5.74, 6) is -1.52. The van der Waals surface area contributed by atoms with E-state index < -0.39 is 29.1 Å². The highest BCUT2D eigenvalue weighted by molar-refractivity contribution is 6.30. The Hall–Kier alpha value is -3.01. The molecule has 2 heterocycles. The Balaban J connectivity index is 1.94. The first kappa shape index (κ1) is 33.5. The van der Waals surface area contributed by atoms with Gasteiger partial charge in [-0.3, -0.25) is 19.4 Å². The average molecular weight is 601 g/mol. The minimum atomic E-state index is -0.833. The average Bonchev–Trinajstić information content (AvgIpc) is 2.92. The molecular formula is C32H45ClN4O5. The zero-order valence-corrected chi connectivity index (χ0v) is 26.4. The number of esters is 1. The number of methoxy groups -OCH3 is 1. The molecule has 0 bridgehead atoms. The number of aromatic nitrogens is 1. The highest BCUT2D eigenvalue weighted by Gasteiger charge is 2.44. The summed E-state index contributed by atoms with van der Waals surface area (Å²) in [5.41, 5.74) is 7.35.